The average molecular weight is 299 g/mol. The van der Waals surface area contributed by atoms with Crippen LogP contribution in [-0.4, -0.2) is 15.6 Å². The number of rotatable bonds is 10. The maximum atomic E-state index is 12.1. The Labute approximate surface area is 127 Å². The Bertz CT molecular complexity index is 426. The van der Waals surface area contributed by atoms with Crippen molar-refractivity contribution >= 4 is 17.4 Å². The van der Waals surface area contributed by atoms with Crippen LogP contribution in [0.15, 0.2) is 0 Å². The fraction of sp³-hybridized carbons (Fsp3) is 0.750. The number of hydrogen-bond acceptors (Lipinski definition) is 2. The van der Waals surface area contributed by atoms with Crippen LogP contribution in [-0.2, 0) is 24.2 Å². The van der Waals surface area contributed by atoms with Crippen LogP contribution in [0.25, 0.3) is 0 Å². The molecule has 1 aromatic heterocycles. The van der Waals surface area contributed by atoms with Crippen LogP contribution in [0.1, 0.15) is 70.7 Å². The van der Waals surface area contributed by atoms with E-state index in [4.69, 9.17) is 11.6 Å². The van der Waals surface area contributed by atoms with Crippen molar-refractivity contribution in [3.05, 3.63) is 16.4 Å². The molecule has 0 aromatic carbocycles. The zero-order chi connectivity index (χ0) is 15.0. The Balaban J connectivity index is 2.51. The molecule has 0 fully saturated rings. The molecule has 0 saturated heterocycles. The van der Waals surface area contributed by atoms with Crippen LogP contribution < -0.4 is 0 Å². The summed E-state index contributed by atoms with van der Waals surface area (Å²) in [5, 5.41) is 5.14. The number of halogens is 1. The summed E-state index contributed by atoms with van der Waals surface area (Å²) in [5.74, 6) is 0.278. The van der Waals surface area contributed by atoms with Crippen LogP contribution in [0, 0.1) is 0 Å². The quantitative estimate of drug-likeness (QED) is 0.592. The zero-order valence-electron chi connectivity index (χ0n) is 13.0. The lowest BCUT2D eigenvalue weighted by Gasteiger charge is -2.05. The van der Waals surface area contributed by atoms with Crippen molar-refractivity contribution in [2.24, 2.45) is 0 Å². The largest absolute Gasteiger partial charge is 0.299 e. The van der Waals surface area contributed by atoms with E-state index in [0.717, 1.165) is 37.2 Å². The zero-order valence-corrected chi connectivity index (χ0v) is 13.8. The van der Waals surface area contributed by atoms with E-state index in [2.05, 4.69) is 12.0 Å². The SMILES string of the molecule is CCCCCCCC(=O)Cc1c(Cl)c(CC)nn1CC. The highest BCUT2D eigenvalue weighted by molar-refractivity contribution is 6.32. The van der Waals surface area contributed by atoms with Crippen molar-refractivity contribution in [3.8, 4) is 0 Å². The number of nitrogens with zero attached hydrogens (tertiary/aromatic N) is 2. The third-order valence-electron chi connectivity index (χ3n) is 3.62. The monoisotopic (exact) mass is 298 g/mol. The van der Waals surface area contributed by atoms with Crippen LogP contribution in [0.2, 0.25) is 5.02 Å². The molecule has 20 heavy (non-hydrogen) atoms. The van der Waals surface area contributed by atoms with E-state index in [1.807, 2.05) is 18.5 Å². The van der Waals surface area contributed by atoms with E-state index in [1.165, 1.54) is 19.3 Å². The van der Waals surface area contributed by atoms with Gasteiger partial charge in [-0.2, -0.15) is 5.10 Å². The number of carbonyl (C=O) groups excluding carboxylic acids is 1. The van der Waals surface area contributed by atoms with Gasteiger partial charge in [-0.05, 0) is 19.8 Å². The summed E-state index contributed by atoms with van der Waals surface area (Å²) in [4.78, 5) is 12.1. The topological polar surface area (TPSA) is 34.9 Å². The van der Waals surface area contributed by atoms with Crippen molar-refractivity contribution in [3.63, 3.8) is 0 Å². The normalized spacial score (nSPS) is 11.0. The van der Waals surface area contributed by atoms with E-state index in [-0.39, 0.29) is 5.78 Å². The number of ketones is 1. The number of unbranched alkanes of at least 4 members (excludes halogenated alkanes) is 4. The van der Waals surface area contributed by atoms with Crippen LogP contribution in [0.5, 0.6) is 0 Å². The summed E-state index contributed by atoms with van der Waals surface area (Å²) in [6.45, 7) is 7.03. The Kier molecular flexibility index (Phi) is 7.90. The number of aryl methyl sites for hydroxylation is 2. The number of aromatic nitrogens is 2. The summed E-state index contributed by atoms with van der Waals surface area (Å²) >= 11 is 6.32. The molecule has 1 aromatic rings. The predicted octanol–water partition coefficient (Wildman–Crippen LogP) is 4.59. The second kappa shape index (κ2) is 9.17. The predicted molar refractivity (Wildman–Crippen MR) is 84.4 cm³/mol. The molecule has 0 bridgehead atoms. The molecule has 0 spiro atoms. The van der Waals surface area contributed by atoms with Gasteiger partial charge in [0.1, 0.15) is 5.78 Å². The Hall–Kier alpha value is -0.830. The second-order valence-corrected chi connectivity index (χ2v) is 5.63. The highest BCUT2D eigenvalue weighted by atomic mass is 35.5. The molecule has 0 N–H and O–H groups in total. The standard InChI is InChI=1S/C16H27ClN2O/c1-4-7-8-9-10-11-13(20)12-15-16(17)14(5-2)18-19(15)6-3/h4-12H2,1-3H3. The average Bonchev–Trinajstić information content (AvgIpc) is 2.75. The summed E-state index contributed by atoms with van der Waals surface area (Å²) < 4.78 is 1.87. The fourth-order valence-electron chi connectivity index (χ4n) is 2.39. The van der Waals surface area contributed by atoms with Gasteiger partial charge in [0.25, 0.3) is 0 Å². The first-order chi connectivity index (χ1) is 9.63. The summed E-state index contributed by atoms with van der Waals surface area (Å²) in [5.41, 5.74) is 1.80. The first kappa shape index (κ1) is 17.2. The summed E-state index contributed by atoms with van der Waals surface area (Å²) in [7, 11) is 0. The van der Waals surface area contributed by atoms with Gasteiger partial charge in [-0.3, -0.25) is 9.48 Å². The maximum Gasteiger partial charge on any atom is 0.138 e. The minimum Gasteiger partial charge on any atom is -0.299 e. The minimum atomic E-state index is 0.278. The molecule has 1 rings (SSSR count). The van der Waals surface area contributed by atoms with Gasteiger partial charge in [-0.25, -0.2) is 0 Å². The van der Waals surface area contributed by atoms with Gasteiger partial charge < -0.3 is 0 Å². The van der Waals surface area contributed by atoms with Gasteiger partial charge in [0.15, 0.2) is 0 Å². The number of carbonyl (C=O) groups is 1. The fourth-order valence-corrected chi connectivity index (χ4v) is 2.72. The van der Waals surface area contributed by atoms with Crippen LogP contribution >= 0.6 is 11.6 Å². The Morgan fingerprint density at radius 1 is 1.15 bits per heavy atom. The van der Waals surface area contributed by atoms with Crippen LogP contribution in [0.3, 0.4) is 0 Å². The van der Waals surface area contributed by atoms with Gasteiger partial charge in [0.05, 0.1) is 16.4 Å². The van der Waals surface area contributed by atoms with Gasteiger partial charge in [0.2, 0.25) is 0 Å². The lowest BCUT2D eigenvalue weighted by molar-refractivity contribution is -0.118. The molecule has 4 heteroatoms. The lowest BCUT2D eigenvalue weighted by Crippen LogP contribution is -2.09. The van der Waals surface area contributed by atoms with Crippen molar-refractivity contribution in [1.82, 2.24) is 9.78 Å². The Morgan fingerprint density at radius 2 is 1.85 bits per heavy atom. The molecule has 0 amide bonds. The molecule has 0 aliphatic heterocycles. The minimum absolute atomic E-state index is 0.278. The molecule has 0 aliphatic rings. The van der Waals surface area contributed by atoms with Crippen molar-refractivity contribution in [2.45, 2.75) is 78.7 Å². The van der Waals surface area contributed by atoms with E-state index in [9.17, 15) is 4.79 Å². The second-order valence-electron chi connectivity index (χ2n) is 5.26. The first-order valence-electron chi connectivity index (χ1n) is 7.89. The highest BCUT2D eigenvalue weighted by Crippen LogP contribution is 2.22. The van der Waals surface area contributed by atoms with Crippen molar-refractivity contribution in [1.29, 1.82) is 0 Å². The number of Topliss-reactive ketones (excluding diaryl/α,β-unsaturated/α-hetero) is 1. The third-order valence-corrected chi connectivity index (χ3v) is 4.05. The number of hydrogen-bond donors (Lipinski definition) is 0. The van der Waals surface area contributed by atoms with E-state index in [1.54, 1.807) is 0 Å². The maximum absolute atomic E-state index is 12.1. The first-order valence-corrected chi connectivity index (χ1v) is 8.27. The molecule has 0 aliphatic carbocycles. The summed E-state index contributed by atoms with van der Waals surface area (Å²) in [6.07, 6.45) is 7.78. The van der Waals surface area contributed by atoms with E-state index in [0.29, 0.717) is 17.9 Å². The smallest absolute Gasteiger partial charge is 0.138 e. The van der Waals surface area contributed by atoms with E-state index >= 15 is 0 Å². The molecular weight excluding hydrogens is 272 g/mol. The molecule has 0 atom stereocenters. The lowest BCUT2D eigenvalue weighted by atomic mass is 10.1. The molecule has 0 saturated carbocycles. The molecular formula is C16H27ClN2O. The molecule has 3 nitrogen and oxygen atoms in total. The van der Waals surface area contributed by atoms with E-state index < -0.39 is 0 Å². The summed E-state index contributed by atoms with van der Waals surface area (Å²) in [6, 6.07) is 0. The van der Waals surface area contributed by atoms with Gasteiger partial charge in [0, 0.05) is 19.4 Å². The van der Waals surface area contributed by atoms with Gasteiger partial charge >= 0.3 is 0 Å². The molecule has 0 unspecified atom stereocenters. The van der Waals surface area contributed by atoms with Gasteiger partial charge in [-0.15, -0.1) is 0 Å². The highest BCUT2D eigenvalue weighted by Gasteiger charge is 2.16. The third kappa shape index (κ3) is 4.93. The Morgan fingerprint density at radius 3 is 2.45 bits per heavy atom. The van der Waals surface area contributed by atoms with Gasteiger partial charge in [-0.1, -0.05) is 51.1 Å². The molecule has 114 valence electrons. The van der Waals surface area contributed by atoms with Crippen LogP contribution in [0.4, 0.5) is 0 Å². The molecule has 1 heterocycles. The molecule has 0 radical (unpaired) electrons. The van der Waals surface area contributed by atoms with Crippen molar-refractivity contribution < 1.29 is 4.79 Å². The van der Waals surface area contributed by atoms with Crippen molar-refractivity contribution in [2.75, 3.05) is 0 Å².